The summed E-state index contributed by atoms with van der Waals surface area (Å²) in [7, 11) is 1.60. The quantitative estimate of drug-likeness (QED) is 0.257. The van der Waals surface area contributed by atoms with E-state index in [2.05, 4.69) is 20.5 Å². The van der Waals surface area contributed by atoms with Gasteiger partial charge in [0.1, 0.15) is 17.8 Å². The first-order chi connectivity index (χ1) is 16.2. The summed E-state index contributed by atoms with van der Waals surface area (Å²) in [6, 6.07) is 24.7. The molecule has 164 valence electrons. The Bertz CT molecular complexity index is 1400. The number of benzene rings is 3. The molecule has 9 heteroatoms. The van der Waals surface area contributed by atoms with Crippen molar-refractivity contribution in [2.75, 3.05) is 12.9 Å². The van der Waals surface area contributed by atoms with Crippen molar-refractivity contribution in [3.8, 4) is 11.4 Å². The van der Waals surface area contributed by atoms with Crippen molar-refractivity contribution in [2.24, 2.45) is 0 Å². The van der Waals surface area contributed by atoms with Crippen molar-refractivity contribution in [2.45, 2.75) is 11.7 Å². The first kappa shape index (κ1) is 20.9. The number of aromatic nitrogens is 6. The summed E-state index contributed by atoms with van der Waals surface area (Å²) in [6.07, 6.45) is 0. The minimum absolute atomic E-state index is 0.00841. The van der Waals surface area contributed by atoms with Gasteiger partial charge in [-0.2, -0.15) is 0 Å². The van der Waals surface area contributed by atoms with Gasteiger partial charge in [0.25, 0.3) is 0 Å². The second-order valence-electron chi connectivity index (χ2n) is 7.25. The fraction of sp³-hybridized carbons (Fsp3) is 0.125. The molecule has 33 heavy (non-hydrogen) atoms. The number of hydrogen-bond acceptors (Lipinski definition) is 7. The van der Waals surface area contributed by atoms with Crippen molar-refractivity contribution >= 4 is 28.6 Å². The standard InChI is InChI=1S/C24H20N6O2S/c1-32-19-13-11-17(12-14-19)22(31)16-33-24-27-26-23(30(24)18-7-3-2-4-8-18)15-29-21-10-6-5-9-20(21)25-28-29/h2-14H,15-16H2,1H3. The molecular weight excluding hydrogens is 436 g/mol. The van der Waals surface area contributed by atoms with Gasteiger partial charge in [0.05, 0.1) is 18.4 Å². The van der Waals surface area contributed by atoms with E-state index in [-0.39, 0.29) is 11.5 Å². The monoisotopic (exact) mass is 456 g/mol. The number of nitrogens with zero attached hydrogens (tertiary/aromatic N) is 6. The maximum absolute atomic E-state index is 12.7. The van der Waals surface area contributed by atoms with Gasteiger partial charge in [-0.25, -0.2) is 4.68 Å². The van der Waals surface area contributed by atoms with Crippen LogP contribution in [-0.2, 0) is 6.54 Å². The number of ketones is 1. The predicted molar refractivity (Wildman–Crippen MR) is 126 cm³/mol. The van der Waals surface area contributed by atoms with Crippen molar-refractivity contribution < 1.29 is 9.53 Å². The van der Waals surface area contributed by atoms with Crippen molar-refractivity contribution in [3.63, 3.8) is 0 Å². The summed E-state index contributed by atoms with van der Waals surface area (Å²) in [6.45, 7) is 0.398. The summed E-state index contributed by atoms with van der Waals surface area (Å²) >= 11 is 1.36. The highest BCUT2D eigenvalue weighted by Gasteiger charge is 2.18. The highest BCUT2D eigenvalue weighted by atomic mass is 32.2. The van der Waals surface area contributed by atoms with Crippen LogP contribution in [0.4, 0.5) is 0 Å². The molecule has 0 N–H and O–H groups in total. The summed E-state index contributed by atoms with van der Waals surface area (Å²) < 4.78 is 8.93. The molecule has 0 radical (unpaired) electrons. The summed E-state index contributed by atoms with van der Waals surface area (Å²) in [5.41, 5.74) is 3.29. The van der Waals surface area contributed by atoms with Gasteiger partial charge in [0.2, 0.25) is 0 Å². The second-order valence-corrected chi connectivity index (χ2v) is 8.19. The number of thioether (sulfide) groups is 1. The van der Waals surface area contributed by atoms with E-state index >= 15 is 0 Å². The molecule has 0 bridgehead atoms. The number of ether oxygens (including phenoxy) is 1. The van der Waals surface area contributed by atoms with Crippen LogP contribution in [0.3, 0.4) is 0 Å². The number of rotatable bonds is 8. The van der Waals surface area contributed by atoms with Gasteiger partial charge in [-0.1, -0.05) is 47.3 Å². The lowest BCUT2D eigenvalue weighted by Crippen LogP contribution is -2.10. The maximum Gasteiger partial charge on any atom is 0.196 e. The first-order valence-electron chi connectivity index (χ1n) is 10.3. The predicted octanol–water partition coefficient (Wildman–Crippen LogP) is 4.04. The topological polar surface area (TPSA) is 87.7 Å². The van der Waals surface area contributed by atoms with E-state index in [1.165, 1.54) is 11.8 Å². The molecule has 0 aliphatic carbocycles. The van der Waals surface area contributed by atoms with Crippen LogP contribution in [0, 0.1) is 0 Å². The molecule has 5 aromatic rings. The third-order valence-electron chi connectivity index (χ3n) is 5.17. The minimum Gasteiger partial charge on any atom is -0.497 e. The Morgan fingerprint density at radius 2 is 1.67 bits per heavy atom. The number of fused-ring (bicyclic) bond motifs is 1. The fourth-order valence-electron chi connectivity index (χ4n) is 3.49. The summed E-state index contributed by atoms with van der Waals surface area (Å²) in [5, 5.41) is 18.0. The molecular formula is C24H20N6O2S. The van der Waals surface area contributed by atoms with Crippen LogP contribution in [0.5, 0.6) is 5.75 Å². The molecule has 0 amide bonds. The molecule has 8 nitrogen and oxygen atoms in total. The molecule has 0 saturated heterocycles. The molecule has 0 atom stereocenters. The van der Waals surface area contributed by atoms with Gasteiger partial charge in [0, 0.05) is 11.3 Å². The van der Waals surface area contributed by atoms with E-state index in [4.69, 9.17) is 4.74 Å². The van der Waals surface area contributed by atoms with Gasteiger partial charge in [0.15, 0.2) is 16.8 Å². The highest BCUT2D eigenvalue weighted by Crippen LogP contribution is 2.24. The summed E-state index contributed by atoms with van der Waals surface area (Å²) in [5.74, 6) is 1.67. The van der Waals surface area contributed by atoms with Crippen LogP contribution in [-0.4, -0.2) is 48.4 Å². The first-order valence-corrected chi connectivity index (χ1v) is 11.3. The Hall–Kier alpha value is -3.98. The van der Waals surface area contributed by atoms with Gasteiger partial charge in [-0.3, -0.25) is 9.36 Å². The molecule has 2 aromatic heterocycles. The minimum atomic E-state index is 0.00841. The molecule has 5 rings (SSSR count). The van der Waals surface area contributed by atoms with Crippen LogP contribution >= 0.6 is 11.8 Å². The van der Waals surface area contributed by atoms with Crippen molar-refractivity contribution in [3.05, 3.63) is 90.3 Å². The lowest BCUT2D eigenvalue weighted by molar-refractivity contribution is 0.102. The third-order valence-corrected chi connectivity index (χ3v) is 6.10. The van der Waals surface area contributed by atoms with Crippen LogP contribution in [0.25, 0.3) is 16.7 Å². The molecule has 0 spiro atoms. The zero-order chi connectivity index (χ0) is 22.6. The molecule has 0 aliphatic rings. The van der Waals surface area contributed by atoms with E-state index in [0.29, 0.717) is 28.8 Å². The number of methoxy groups -OCH3 is 1. The number of Topliss-reactive ketones (excluding diaryl/α,β-unsaturated/α-hetero) is 1. The molecule has 3 aromatic carbocycles. The van der Waals surface area contributed by atoms with Crippen LogP contribution in [0.15, 0.2) is 84.0 Å². The summed E-state index contributed by atoms with van der Waals surface area (Å²) in [4.78, 5) is 12.7. The Morgan fingerprint density at radius 3 is 2.45 bits per heavy atom. The van der Waals surface area contributed by atoms with Crippen molar-refractivity contribution in [1.82, 2.24) is 29.8 Å². The Labute approximate surface area is 194 Å². The highest BCUT2D eigenvalue weighted by molar-refractivity contribution is 7.99. The SMILES string of the molecule is COc1ccc(C(=O)CSc2nnc(Cn3nnc4ccccc43)n2-c2ccccc2)cc1. The maximum atomic E-state index is 12.7. The largest absolute Gasteiger partial charge is 0.497 e. The zero-order valence-corrected chi connectivity index (χ0v) is 18.6. The van der Waals surface area contributed by atoms with Gasteiger partial charge in [-0.15, -0.1) is 15.3 Å². The van der Waals surface area contributed by atoms with Crippen LogP contribution in [0.2, 0.25) is 0 Å². The van der Waals surface area contributed by atoms with E-state index < -0.39 is 0 Å². The number of hydrogen-bond donors (Lipinski definition) is 0. The lowest BCUT2D eigenvalue weighted by Gasteiger charge is -2.10. The number of para-hydroxylation sites is 2. The van der Waals surface area contributed by atoms with Gasteiger partial charge >= 0.3 is 0 Å². The van der Waals surface area contributed by atoms with E-state index in [9.17, 15) is 4.79 Å². The smallest absolute Gasteiger partial charge is 0.196 e. The van der Waals surface area contributed by atoms with Crippen LogP contribution < -0.4 is 4.74 Å². The Kier molecular flexibility index (Phi) is 5.86. The average Bonchev–Trinajstić information content (AvgIpc) is 3.47. The molecule has 0 aliphatic heterocycles. The fourth-order valence-corrected chi connectivity index (χ4v) is 4.36. The average molecular weight is 457 g/mol. The Balaban J connectivity index is 1.42. The Morgan fingerprint density at radius 1 is 0.909 bits per heavy atom. The molecule has 0 saturated carbocycles. The van der Waals surface area contributed by atoms with Gasteiger partial charge in [-0.05, 0) is 48.5 Å². The normalized spacial score (nSPS) is 11.1. The zero-order valence-electron chi connectivity index (χ0n) is 17.8. The molecule has 0 unspecified atom stereocenters. The number of carbonyl (C=O) groups is 1. The van der Waals surface area contributed by atoms with Gasteiger partial charge < -0.3 is 4.74 Å². The third kappa shape index (κ3) is 4.35. The van der Waals surface area contributed by atoms with E-state index in [1.807, 2.05) is 59.2 Å². The lowest BCUT2D eigenvalue weighted by atomic mass is 10.1. The van der Waals surface area contributed by atoms with E-state index in [0.717, 1.165) is 16.7 Å². The van der Waals surface area contributed by atoms with Crippen molar-refractivity contribution in [1.29, 1.82) is 0 Å². The number of carbonyl (C=O) groups excluding carboxylic acids is 1. The van der Waals surface area contributed by atoms with Crippen LogP contribution in [0.1, 0.15) is 16.2 Å². The molecule has 0 fully saturated rings. The molecule has 2 heterocycles. The van der Waals surface area contributed by atoms with E-state index in [1.54, 1.807) is 36.1 Å². The second kappa shape index (κ2) is 9.25.